The Hall–Kier alpha value is -3.24. The van der Waals surface area contributed by atoms with Gasteiger partial charge in [-0.1, -0.05) is 0 Å². The van der Waals surface area contributed by atoms with E-state index in [1.807, 2.05) is 36.0 Å². The van der Waals surface area contributed by atoms with Gasteiger partial charge in [0.15, 0.2) is 11.6 Å². The first-order chi connectivity index (χ1) is 15.1. The van der Waals surface area contributed by atoms with Crippen LogP contribution in [0.5, 0.6) is 0 Å². The molecule has 0 spiro atoms. The van der Waals surface area contributed by atoms with Crippen molar-refractivity contribution in [1.82, 2.24) is 25.1 Å². The number of carbonyl (C=O) groups excluding carboxylic acids is 1. The van der Waals surface area contributed by atoms with Crippen LogP contribution in [0.1, 0.15) is 6.92 Å². The van der Waals surface area contributed by atoms with Crippen LogP contribution in [0.2, 0.25) is 0 Å². The predicted octanol–water partition coefficient (Wildman–Crippen LogP) is 1.78. The summed E-state index contributed by atoms with van der Waals surface area (Å²) < 4.78 is 12.5. The molecule has 10 nitrogen and oxygen atoms in total. The molecular weight excluding hydrogens is 398 g/mol. The van der Waals surface area contributed by atoms with E-state index in [-0.39, 0.29) is 18.1 Å². The first-order valence-electron chi connectivity index (χ1n) is 10.4. The lowest BCUT2D eigenvalue weighted by molar-refractivity contribution is 0.000735. The molecule has 4 heterocycles. The van der Waals surface area contributed by atoms with E-state index in [1.165, 1.54) is 0 Å². The zero-order valence-electron chi connectivity index (χ0n) is 17.5. The molecule has 2 aliphatic heterocycles. The van der Waals surface area contributed by atoms with Crippen LogP contribution >= 0.6 is 0 Å². The van der Waals surface area contributed by atoms with Gasteiger partial charge in [-0.2, -0.15) is 5.10 Å². The Morgan fingerprint density at radius 1 is 1.13 bits per heavy atom. The minimum atomic E-state index is -0.238. The summed E-state index contributed by atoms with van der Waals surface area (Å²) in [7, 11) is 1.90. The lowest BCUT2D eigenvalue weighted by Gasteiger charge is -2.34. The van der Waals surface area contributed by atoms with Crippen molar-refractivity contribution >= 4 is 28.6 Å². The number of fused-ring (bicyclic) bond motifs is 1. The molecule has 31 heavy (non-hydrogen) atoms. The molecule has 2 fully saturated rings. The van der Waals surface area contributed by atoms with Gasteiger partial charge in [-0.3, -0.25) is 4.68 Å². The summed E-state index contributed by atoms with van der Waals surface area (Å²) in [6, 6.07) is 7.57. The molecule has 2 aliphatic rings. The van der Waals surface area contributed by atoms with Gasteiger partial charge in [0.1, 0.15) is 11.0 Å². The number of hydrogen-bond donors (Lipinski definition) is 2. The van der Waals surface area contributed by atoms with Crippen LogP contribution < -0.4 is 15.5 Å². The van der Waals surface area contributed by atoms with Gasteiger partial charge in [0.25, 0.3) is 0 Å². The largest absolute Gasteiger partial charge is 0.377 e. The van der Waals surface area contributed by atoms with Crippen LogP contribution in [0, 0.1) is 0 Å². The molecule has 3 aromatic rings. The molecular formula is C21H25N7O3. The maximum atomic E-state index is 12.0. The third-order valence-electron chi connectivity index (χ3n) is 5.58. The number of nitrogens with one attached hydrogen (secondary N) is 2. The Morgan fingerprint density at radius 3 is 2.65 bits per heavy atom. The Kier molecular flexibility index (Phi) is 5.16. The number of amides is 2. The van der Waals surface area contributed by atoms with Gasteiger partial charge in [0, 0.05) is 24.8 Å². The minimum Gasteiger partial charge on any atom is -0.377 e. The summed E-state index contributed by atoms with van der Waals surface area (Å²) in [4.78, 5) is 23.9. The molecule has 0 saturated carbocycles. The van der Waals surface area contributed by atoms with Crippen molar-refractivity contribution in [3.63, 3.8) is 0 Å². The van der Waals surface area contributed by atoms with Crippen molar-refractivity contribution < 1.29 is 14.3 Å². The minimum absolute atomic E-state index is 0.0832. The average Bonchev–Trinajstić information content (AvgIpc) is 3.12. The highest BCUT2D eigenvalue weighted by Gasteiger charge is 2.25. The highest BCUT2D eigenvalue weighted by Crippen LogP contribution is 2.29. The van der Waals surface area contributed by atoms with Crippen molar-refractivity contribution in [2.75, 3.05) is 43.2 Å². The van der Waals surface area contributed by atoms with Crippen LogP contribution in [0.3, 0.4) is 0 Å². The standard InChI is InChI=1S/C21H25N7O3/c1-13-10-30-8-7-28(13)20-18-17(9-22-27(18)2)25-19(26-20)14-3-5-15(6-4-14)23-21(29)24-16-11-31-12-16/h3-6,9,13,16H,7-8,10-12H2,1-2H3,(H2,23,24,29). The third kappa shape index (κ3) is 3.91. The van der Waals surface area contributed by atoms with Gasteiger partial charge in [-0.05, 0) is 31.2 Å². The van der Waals surface area contributed by atoms with Crippen molar-refractivity contribution in [1.29, 1.82) is 0 Å². The summed E-state index contributed by atoms with van der Waals surface area (Å²) in [6.07, 6.45) is 1.76. The molecule has 0 aliphatic carbocycles. The van der Waals surface area contributed by atoms with Crippen LogP contribution in [0.4, 0.5) is 16.3 Å². The summed E-state index contributed by atoms with van der Waals surface area (Å²) in [5.41, 5.74) is 3.27. The van der Waals surface area contributed by atoms with Gasteiger partial charge >= 0.3 is 6.03 Å². The average molecular weight is 423 g/mol. The Balaban J connectivity index is 1.42. The molecule has 2 aromatic heterocycles. The number of hydrogen-bond acceptors (Lipinski definition) is 7. The Labute approximate surface area is 179 Å². The van der Waals surface area contributed by atoms with Crippen molar-refractivity contribution in [3.8, 4) is 11.4 Å². The van der Waals surface area contributed by atoms with E-state index in [2.05, 4.69) is 27.6 Å². The monoisotopic (exact) mass is 423 g/mol. The molecule has 0 bridgehead atoms. The normalized spacial score (nSPS) is 19.3. The fourth-order valence-electron chi connectivity index (χ4n) is 3.80. The zero-order valence-corrected chi connectivity index (χ0v) is 17.5. The number of aryl methyl sites for hydroxylation is 1. The predicted molar refractivity (Wildman–Crippen MR) is 116 cm³/mol. The number of rotatable bonds is 4. The van der Waals surface area contributed by atoms with Crippen molar-refractivity contribution in [2.45, 2.75) is 19.0 Å². The van der Waals surface area contributed by atoms with E-state index in [0.29, 0.717) is 37.9 Å². The molecule has 1 atom stereocenters. The molecule has 0 radical (unpaired) electrons. The quantitative estimate of drug-likeness (QED) is 0.659. The first kappa shape index (κ1) is 19.7. The van der Waals surface area contributed by atoms with E-state index in [1.54, 1.807) is 6.20 Å². The van der Waals surface area contributed by atoms with Gasteiger partial charge in [-0.15, -0.1) is 0 Å². The van der Waals surface area contributed by atoms with Crippen molar-refractivity contribution in [3.05, 3.63) is 30.5 Å². The second-order valence-corrected chi connectivity index (χ2v) is 7.90. The number of nitrogens with zero attached hydrogens (tertiary/aromatic N) is 5. The first-order valence-corrected chi connectivity index (χ1v) is 10.4. The van der Waals surface area contributed by atoms with Crippen LogP contribution in [0.15, 0.2) is 30.5 Å². The van der Waals surface area contributed by atoms with E-state index >= 15 is 0 Å². The number of ether oxygens (including phenoxy) is 2. The Morgan fingerprint density at radius 2 is 1.94 bits per heavy atom. The summed E-state index contributed by atoms with van der Waals surface area (Å²) >= 11 is 0. The zero-order chi connectivity index (χ0) is 21.4. The van der Waals surface area contributed by atoms with Crippen LogP contribution in [0.25, 0.3) is 22.4 Å². The van der Waals surface area contributed by atoms with E-state index in [4.69, 9.17) is 19.4 Å². The topological polar surface area (TPSA) is 106 Å². The fourth-order valence-corrected chi connectivity index (χ4v) is 3.80. The molecule has 10 heteroatoms. The van der Waals surface area contributed by atoms with Crippen molar-refractivity contribution in [2.24, 2.45) is 7.05 Å². The lowest BCUT2D eigenvalue weighted by Crippen LogP contribution is -2.49. The lowest BCUT2D eigenvalue weighted by atomic mass is 10.2. The Bertz CT molecular complexity index is 1090. The van der Waals surface area contributed by atoms with Gasteiger partial charge < -0.3 is 25.0 Å². The maximum Gasteiger partial charge on any atom is 0.319 e. The molecule has 1 unspecified atom stereocenters. The molecule has 5 rings (SSSR count). The molecule has 1 aromatic carbocycles. The SMILES string of the molecule is CC1COCCN1c1nc(-c2ccc(NC(=O)NC3COC3)cc2)nc2cnn(C)c12. The molecule has 2 saturated heterocycles. The number of morpholine rings is 1. The summed E-state index contributed by atoms with van der Waals surface area (Å²) in [6.45, 7) is 5.34. The smallest absolute Gasteiger partial charge is 0.319 e. The highest BCUT2D eigenvalue weighted by atomic mass is 16.5. The number of anilines is 2. The number of urea groups is 1. The van der Waals surface area contributed by atoms with Gasteiger partial charge in [0.2, 0.25) is 0 Å². The van der Waals surface area contributed by atoms with E-state index < -0.39 is 0 Å². The van der Waals surface area contributed by atoms with Crippen LogP contribution in [-0.4, -0.2) is 70.8 Å². The second-order valence-electron chi connectivity index (χ2n) is 7.90. The summed E-state index contributed by atoms with van der Waals surface area (Å²) in [5, 5.41) is 10.1. The highest BCUT2D eigenvalue weighted by molar-refractivity contribution is 5.90. The second kappa shape index (κ2) is 8.12. The molecule has 162 valence electrons. The molecule has 2 N–H and O–H groups in total. The molecule has 2 amide bonds. The van der Waals surface area contributed by atoms with Gasteiger partial charge in [-0.25, -0.2) is 14.8 Å². The number of benzene rings is 1. The van der Waals surface area contributed by atoms with E-state index in [0.717, 1.165) is 29.0 Å². The number of aromatic nitrogens is 4. The van der Waals surface area contributed by atoms with Gasteiger partial charge in [0.05, 0.1) is 44.7 Å². The fraction of sp³-hybridized carbons (Fsp3) is 0.429. The third-order valence-corrected chi connectivity index (χ3v) is 5.58. The van der Waals surface area contributed by atoms with Crippen LogP contribution in [-0.2, 0) is 16.5 Å². The maximum absolute atomic E-state index is 12.0. The summed E-state index contributed by atoms with van der Waals surface area (Å²) in [5.74, 6) is 1.48. The number of carbonyl (C=O) groups is 1. The van der Waals surface area contributed by atoms with E-state index in [9.17, 15) is 4.79 Å².